The molecule has 4 heterocycles. The summed E-state index contributed by atoms with van der Waals surface area (Å²) < 4.78 is 37.5. The molecule has 0 aromatic heterocycles. The highest BCUT2D eigenvalue weighted by molar-refractivity contribution is 7.99. The third-order valence-corrected chi connectivity index (χ3v) is 9.42. The Balaban J connectivity index is 0.000000364. The Morgan fingerprint density at radius 1 is 1.12 bits per heavy atom. The Bertz CT molecular complexity index is 1180. The summed E-state index contributed by atoms with van der Waals surface area (Å²) in [5.74, 6) is 5.59. The van der Waals surface area contributed by atoms with Gasteiger partial charge in [0.05, 0.1) is 17.8 Å². The standard InChI is InChI=1S/C21H34N2O6S.C8H9F2N3.C4H10.C2H6/c1-11-6-3-5-9-30-21-17(26)15(24)16(25)19(29-21)13(11)23-20(27)14-18-12(10-22-14)7-2-4-8-28-18;9-6-1-2-8(7(10)5-6)13(12)4-3-11;1-4(2)3;1-2/h3,6,11-19,21-22,24-26H,2,4-5,7-10H2,1H3,(H,23,27);1-5H,11-12H2;4H,1-3H3;1-2H3/b6-3-;4-3-;;. The van der Waals surface area contributed by atoms with Crippen molar-refractivity contribution in [2.45, 2.75) is 115 Å². The second-order valence-electron chi connectivity index (χ2n) is 13.0. The average molecular weight is 716 g/mol. The number of carbonyl (C=O) groups excluding carboxylic acids is 1. The summed E-state index contributed by atoms with van der Waals surface area (Å²) in [6, 6.07) is 2.10. The first-order valence-electron chi connectivity index (χ1n) is 17.4. The van der Waals surface area contributed by atoms with Crippen LogP contribution in [0.2, 0.25) is 0 Å². The van der Waals surface area contributed by atoms with Crippen LogP contribution in [0.4, 0.5) is 14.5 Å². The van der Waals surface area contributed by atoms with Gasteiger partial charge >= 0.3 is 0 Å². The Kier molecular flexibility index (Phi) is 19.1. The van der Waals surface area contributed by atoms with Crippen molar-refractivity contribution >= 4 is 23.4 Å². The number of hydrogen-bond donors (Lipinski definition) is 7. The van der Waals surface area contributed by atoms with Gasteiger partial charge in [0.1, 0.15) is 41.7 Å². The molecule has 9 N–H and O–H groups in total. The van der Waals surface area contributed by atoms with Gasteiger partial charge in [-0.15, -0.1) is 11.8 Å². The van der Waals surface area contributed by atoms with E-state index >= 15 is 0 Å². The van der Waals surface area contributed by atoms with Crippen molar-refractivity contribution < 1.29 is 38.4 Å². The Morgan fingerprint density at radius 2 is 1.82 bits per heavy atom. The smallest absolute Gasteiger partial charge is 0.240 e. The van der Waals surface area contributed by atoms with E-state index in [0.29, 0.717) is 12.5 Å². The van der Waals surface area contributed by atoms with Gasteiger partial charge < -0.3 is 41.2 Å². The lowest BCUT2D eigenvalue weighted by atomic mass is 9.87. The zero-order chi connectivity index (χ0) is 36.7. The highest BCUT2D eigenvalue weighted by Gasteiger charge is 2.49. The number of ether oxygens (including phenoxy) is 2. The number of anilines is 1. The molecule has 280 valence electrons. The highest BCUT2D eigenvalue weighted by Crippen LogP contribution is 2.34. The molecule has 0 spiro atoms. The van der Waals surface area contributed by atoms with Crippen molar-refractivity contribution in [2.75, 3.05) is 23.9 Å². The van der Waals surface area contributed by atoms with E-state index in [1.54, 1.807) is 0 Å². The fourth-order valence-electron chi connectivity index (χ4n) is 5.87. The molecule has 14 heteroatoms. The maximum Gasteiger partial charge on any atom is 0.240 e. The molecule has 0 saturated carbocycles. The van der Waals surface area contributed by atoms with Crippen molar-refractivity contribution in [1.29, 1.82) is 0 Å². The molecular formula is C35H59F2N5O6S. The molecule has 0 aliphatic carbocycles. The lowest BCUT2D eigenvalue weighted by Crippen LogP contribution is -2.65. The number of halogens is 2. The van der Waals surface area contributed by atoms with Gasteiger partial charge in [-0.3, -0.25) is 9.80 Å². The van der Waals surface area contributed by atoms with E-state index in [-0.39, 0.29) is 23.6 Å². The van der Waals surface area contributed by atoms with Crippen LogP contribution in [0, 0.1) is 29.4 Å². The molecule has 10 unspecified atom stereocenters. The summed E-state index contributed by atoms with van der Waals surface area (Å²) in [7, 11) is 0. The molecule has 1 aromatic carbocycles. The molecule has 2 bridgehead atoms. The minimum atomic E-state index is -1.32. The average Bonchev–Trinajstić information content (AvgIpc) is 3.32. The van der Waals surface area contributed by atoms with Crippen LogP contribution in [0.3, 0.4) is 0 Å². The minimum absolute atomic E-state index is 0.0584. The van der Waals surface area contributed by atoms with Gasteiger partial charge in [0, 0.05) is 31.6 Å². The Labute approximate surface area is 294 Å². The largest absolute Gasteiger partial charge is 0.403 e. The van der Waals surface area contributed by atoms with Gasteiger partial charge in [-0.2, -0.15) is 0 Å². The van der Waals surface area contributed by atoms with Crippen LogP contribution in [-0.4, -0.2) is 88.2 Å². The monoisotopic (exact) mass is 715 g/mol. The quantitative estimate of drug-likeness (QED) is 0.138. The van der Waals surface area contributed by atoms with E-state index in [2.05, 4.69) is 37.5 Å². The lowest BCUT2D eigenvalue weighted by molar-refractivity contribution is -0.207. The number of benzene rings is 1. The molecule has 3 fully saturated rings. The number of nitrogens with two attached hydrogens (primary N) is 2. The van der Waals surface area contributed by atoms with Crippen LogP contribution in [0.5, 0.6) is 0 Å². The summed E-state index contributed by atoms with van der Waals surface area (Å²) in [6.07, 6.45) is 5.72. The van der Waals surface area contributed by atoms with Crippen molar-refractivity contribution in [1.82, 2.24) is 10.6 Å². The molecule has 0 radical (unpaired) electrons. The minimum Gasteiger partial charge on any atom is -0.403 e. The normalized spacial score (nSPS) is 33.2. The summed E-state index contributed by atoms with van der Waals surface area (Å²) in [4.78, 5) is 13.3. The van der Waals surface area contributed by atoms with Crippen LogP contribution in [0.15, 0.2) is 42.8 Å². The number of nitrogens with zero attached hydrogens (tertiary/aromatic N) is 1. The molecule has 3 saturated heterocycles. The maximum absolute atomic E-state index is 13.3. The van der Waals surface area contributed by atoms with E-state index in [1.165, 1.54) is 24.0 Å². The summed E-state index contributed by atoms with van der Waals surface area (Å²) in [6.45, 7) is 13.9. The van der Waals surface area contributed by atoms with E-state index in [9.17, 15) is 28.9 Å². The molecule has 4 aliphatic heterocycles. The van der Waals surface area contributed by atoms with Crippen molar-refractivity contribution in [3.05, 3.63) is 54.4 Å². The number of allylic oxidation sites excluding steroid dienone is 1. The number of fused-ring (bicyclic) bond motifs is 3. The lowest BCUT2D eigenvalue weighted by Gasteiger charge is -2.45. The molecule has 49 heavy (non-hydrogen) atoms. The van der Waals surface area contributed by atoms with Crippen LogP contribution in [-0.2, 0) is 14.3 Å². The molecule has 10 atom stereocenters. The van der Waals surface area contributed by atoms with Crippen LogP contribution < -0.4 is 27.2 Å². The number of rotatable bonds is 4. The molecule has 1 aromatic rings. The van der Waals surface area contributed by atoms with Gasteiger partial charge in [0.25, 0.3) is 0 Å². The molecule has 1 amide bonds. The van der Waals surface area contributed by atoms with Crippen molar-refractivity contribution in [2.24, 2.45) is 29.3 Å². The van der Waals surface area contributed by atoms with Crippen LogP contribution in [0.25, 0.3) is 0 Å². The van der Waals surface area contributed by atoms with E-state index in [4.69, 9.17) is 21.1 Å². The fraction of sp³-hybridized carbons (Fsp3) is 0.686. The number of aliphatic hydroxyl groups is 3. The number of thioether (sulfide) groups is 1. The van der Waals surface area contributed by atoms with Crippen LogP contribution in [0.1, 0.15) is 67.2 Å². The number of amides is 1. The zero-order valence-corrected chi connectivity index (χ0v) is 30.5. The van der Waals surface area contributed by atoms with Gasteiger partial charge in [-0.25, -0.2) is 14.6 Å². The number of carbonyl (C=O) groups is 1. The molecule has 11 nitrogen and oxygen atoms in total. The van der Waals surface area contributed by atoms with Crippen molar-refractivity contribution in [3.8, 4) is 0 Å². The maximum atomic E-state index is 13.3. The van der Waals surface area contributed by atoms with Gasteiger partial charge in [0.15, 0.2) is 5.82 Å². The van der Waals surface area contributed by atoms with Gasteiger partial charge in [-0.05, 0) is 54.9 Å². The second kappa shape index (κ2) is 21.8. The highest BCUT2D eigenvalue weighted by atomic mass is 32.2. The van der Waals surface area contributed by atoms with Crippen LogP contribution >= 0.6 is 11.8 Å². The van der Waals surface area contributed by atoms with E-state index in [1.807, 2.05) is 26.8 Å². The SMILES string of the molecule is CC.CC(C)C.CC1/C=C\CCSC2OC(C(O)C(O)C2O)C1NC(=O)C1NCC2CCCCOC21.N/C=C\N(N)c1ccc(F)cc1F. The molecular weight excluding hydrogens is 656 g/mol. The fourth-order valence-corrected chi connectivity index (χ4v) is 6.94. The number of aliphatic hydroxyl groups excluding tert-OH is 3. The summed E-state index contributed by atoms with van der Waals surface area (Å²) >= 11 is 1.41. The Morgan fingerprint density at radius 3 is 2.47 bits per heavy atom. The van der Waals surface area contributed by atoms with E-state index in [0.717, 1.165) is 67.2 Å². The number of nitrogens with one attached hydrogen (secondary N) is 2. The predicted molar refractivity (Wildman–Crippen MR) is 191 cm³/mol. The first-order valence-corrected chi connectivity index (χ1v) is 18.4. The number of hydrogen-bond acceptors (Lipinski definition) is 11. The van der Waals surface area contributed by atoms with E-state index < -0.39 is 53.6 Å². The first kappa shape index (κ1) is 42.9. The van der Waals surface area contributed by atoms with Crippen molar-refractivity contribution in [3.63, 3.8) is 0 Å². The van der Waals surface area contributed by atoms with Gasteiger partial charge in [-0.1, -0.05) is 60.1 Å². The number of hydrazine groups is 1. The zero-order valence-electron chi connectivity index (χ0n) is 29.7. The topological polar surface area (TPSA) is 176 Å². The molecule has 4 aliphatic rings. The Hall–Kier alpha value is -2.30. The molecule has 5 rings (SSSR count). The van der Waals surface area contributed by atoms with Gasteiger partial charge in [0.2, 0.25) is 5.91 Å². The second-order valence-corrected chi connectivity index (χ2v) is 14.2. The first-order chi connectivity index (χ1) is 23.3. The predicted octanol–water partition coefficient (Wildman–Crippen LogP) is 3.53. The third-order valence-electron chi connectivity index (χ3n) is 8.23. The summed E-state index contributed by atoms with van der Waals surface area (Å²) in [5.41, 5.74) is 4.46. The third kappa shape index (κ3) is 12.8. The summed E-state index contributed by atoms with van der Waals surface area (Å²) in [5, 5.41) is 38.8.